The van der Waals surface area contributed by atoms with Crippen LogP contribution in [0.1, 0.15) is 70.9 Å². The minimum Gasteiger partial charge on any atom is -0.497 e. The van der Waals surface area contributed by atoms with Crippen molar-refractivity contribution in [1.82, 2.24) is 0 Å². The molecule has 0 saturated carbocycles. The number of ether oxygens (including phenoxy) is 2. The van der Waals surface area contributed by atoms with E-state index in [1.54, 1.807) is 14.2 Å². The van der Waals surface area contributed by atoms with Gasteiger partial charge >= 0.3 is 0 Å². The first kappa shape index (κ1) is 24.8. The Hall–Kier alpha value is -3.28. The van der Waals surface area contributed by atoms with Gasteiger partial charge in [-0.05, 0) is 48.6 Å². The second-order valence-corrected chi connectivity index (χ2v) is 10.2. The van der Waals surface area contributed by atoms with Gasteiger partial charge in [0.15, 0.2) is 5.78 Å². The molecule has 1 atom stereocenters. The summed E-state index contributed by atoms with van der Waals surface area (Å²) in [5, 5.41) is 3.56. The molecule has 0 unspecified atom stereocenters. The Kier molecular flexibility index (Phi) is 7.20. The van der Waals surface area contributed by atoms with Crippen LogP contribution in [-0.2, 0) is 9.59 Å². The fraction of sp³-hybridized carbons (Fsp3) is 0.448. The van der Waals surface area contributed by atoms with Crippen molar-refractivity contribution in [3.63, 3.8) is 0 Å². The van der Waals surface area contributed by atoms with E-state index in [1.807, 2.05) is 47.4 Å². The van der Waals surface area contributed by atoms with E-state index in [0.717, 1.165) is 41.9 Å². The van der Waals surface area contributed by atoms with Gasteiger partial charge in [-0.3, -0.25) is 14.5 Å². The number of amides is 1. The van der Waals surface area contributed by atoms with E-state index >= 15 is 0 Å². The lowest BCUT2D eigenvalue weighted by Crippen LogP contribution is -2.39. The molecule has 0 aromatic heterocycles. The molecule has 1 amide bonds. The van der Waals surface area contributed by atoms with Gasteiger partial charge in [0.05, 0.1) is 31.6 Å². The Morgan fingerprint density at radius 2 is 1.86 bits per heavy atom. The summed E-state index contributed by atoms with van der Waals surface area (Å²) >= 11 is 0. The van der Waals surface area contributed by atoms with E-state index in [-0.39, 0.29) is 17.1 Å². The number of unbranched alkanes of at least 4 members (excludes halogenated alkanes) is 2. The van der Waals surface area contributed by atoms with Crippen molar-refractivity contribution in [2.24, 2.45) is 5.41 Å². The second kappa shape index (κ2) is 10.1. The molecule has 1 aliphatic carbocycles. The highest BCUT2D eigenvalue weighted by Gasteiger charge is 2.44. The fourth-order valence-electron chi connectivity index (χ4n) is 5.26. The van der Waals surface area contributed by atoms with Crippen molar-refractivity contribution in [2.75, 3.05) is 24.4 Å². The smallest absolute Gasteiger partial charge is 0.227 e. The van der Waals surface area contributed by atoms with Crippen LogP contribution in [0.15, 0.2) is 53.7 Å². The molecule has 186 valence electrons. The number of methoxy groups -OCH3 is 2. The number of fused-ring (bicyclic) bond motifs is 1. The highest BCUT2D eigenvalue weighted by Crippen LogP contribution is 2.50. The van der Waals surface area contributed by atoms with Gasteiger partial charge in [0.2, 0.25) is 5.91 Å². The zero-order chi connectivity index (χ0) is 25.2. The third-order valence-electron chi connectivity index (χ3n) is 6.90. The summed E-state index contributed by atoms with van der Waals surface area (Å²) in [4.78, 5) is 29.5. The van der Waals surface area contributed by atoms with Crippen LogP contribution in [0, 0.1) is 5.41 Å². The number of hydrogen-bond donors (Lipinski definition) is 1. The van der Waals surface area contributed by atoms with E-state index in [9.17, 15) is 9.59 Å². The number of benzene rings is 2. The van der Waals surface area contributed by atoms with E-state index in [4.69, 9.17) is 9.47 Å². The third kappa shape index (κ3) is 4.93. The Morgan fingerprint density at radius 3 is 2.57 bits per heavy atom. The van der Waals surface area contributed by atoms with Gasteiger partial charge in [-0.15, -0.1) is 0 Å². The summed E-state index contributed by atoms with van der Waals surface area (Å²) in [6.07, 6.45) is 4.35. The summed E-state index contributed by atoms with van der Waals surface area (Å²) < 4.78 is 11.3. The number of carbonyl (C=O) groups is 2. The zero-order valence-electron chi connectivity index (χ0n) is 21.4. The SMILES string of the molecule is CCCCCC(=O)N1c2ccccc2NC2=C(C(=O)CC(C)(C)C2)[C@H]1c1cc(OC)ccc1OC. The van der Waals surface area contributed by atoms with Crippen molar-refractivity contribution in [3.05, 3.63) is 59.3 Å². The van der Waals surface area contributed by atoms with E-state index in [2.05, 4.69) is 26.1 Å². The molecule has 2 aromatic carbocycles. The molecule has 1 N–H and O–H groups in total. The number of nitrogens with zero attached hydrogens (tertiary/aromatic N) is 1. The van der Waals surface area contributed by atoms with Crippen LogP contribution in [0.3, 0.4) is 0 Å². The Morgan fingerprint density at radius 1 is 1.09 bits per heavy atom. The van der Waals surface area contributed by atoms with Crippen LogP contribution >= 0.6 is 0 Å². The number of Topliss-reactive ketones (excluding diaryl/α,β-unsaturated/α-hetero) is 1. The minimum atomic E-state index is -0.621. The fourth-order valence-corrected chi connectivity index (χ4v) is 5.26. The van der Waals surface area contributed by atoms with E-state index in [1.165, 1.54) is 0 Å². The van der Waals surface area contributed by atoms with Crippen molar-refractivity contribution in [3.8, 4) is 11.5 Å². The standard InChI is InChI=1S/C29H36N2O4/c1-6-7-8-13-26(33)31-23-12-10-9-11-21(23)30-22-17-29(2,3)18-24(32)27(22)28(31)20-16-19(34-4)14-15-25(20)35-5/h9-12,14-16,28,30H,6-8,13,17-18H2,1-5H3/t28-/m1/s1. The van der Waals surface area contributed by atoms with E-state index < -0.39 is 6.04 Å². The number of hydrogen-bond acceptors (Lipinski definition) is 5. The van der Waals surface area contributed by atoms with Crippen molar-refractivity contribution >= 4 is 23.1 Å². The molecule has 6 heteroatoms. The summed E-state index contributed by atoms with van der Waals surface area (Å²) in [6.45, 7) is 6.35. The van der Waals surface area contributed by atoms with E-state index in [0.29, 0.717) is 36.3 Å². The Balaban J connectivity index is 1.99. The third-order valence-corrected chi connectivity index (χ3v) is 6.90. The molecule has 1 heterocycles. The van der Waals surface area contributed by atoms with Crippen LogP contribution in [0.25, 0.3) is 0 Å². The second-order valence-electron chi connectivity index (χ2n) is 10.2. The molecular weight excluding hydrogens is 440 g/mol. The maximum atomic E-state index is 13.9. The summed E-state index contributed by atoms with van der Waals surface area (Å²) in [5.41, 5.74) is 3.67. The number of carbonyl (C=O) groups excluding carboxylic acids is 2. The number of anilines is 2. The molecule has 0 fully saturated rings. The normalized spacial score (nSPS) is 18.8. The first-order chi connectivity index (χ1) is 16.8. The molecule has 4 rings (SSSR count). The number of para-hydroxylation sites is 2. The van der Waals surface area contributed by atoms with Gasteiger partial charge in [-0.1, -0.05) is 45.7 Å². The van der Waals surface area contributed by atoms with Crippen LogP contribution in [0.5, 0.6) is 11.5 Å². The lowest BCUT2D eigenvalue weighted by Gasteiger charge is -2.37. The number of allylic oxidation sites excluding steroid dienone is 1. The van der Waals surface area contributed by atoms with Gasteiger partial charge < -0.3 is 14.8 Å². The summed E-state index contributed by atoms with van der Waals surface area (Å²) in [6, 6.07) is 12.8. The lowest BCUT2D eigenvalue weighted by atomic mass is 9.73. The predicted octanol–water partition coefficient (Wildman–Crippen LogP) is 6.43. The first-order valence-corrected chi connectivity index (χ1v) is 12.5. The highest BCUT2D eigenvalue weighted by molar-refractivity contribution is 6.06. The van der Waals surface area contributed by atoms with Crippen molar-refractivity contribution in [2.45, 2.75) is 65.3 Å². The first-order valence-electron chi connectivity index (χ1n) is 12.5. The van der Waals surface area contributed by atoms with Crippen LogP contribution in [-0.4, -0.2) is 25.9 Å². The average molecular weight is 477 g/mol. The molecule has 2 aliphatic rings. The molecule has 0 bridgehead atoms. The quantitative estimate of drug-likeness (QED) is 0.467. The van der Waals surface area contributed by atoms with Crippen molar-refractivity contribution in [1.29, 1.82) is 0 Å². The lowest BCUT2D eigenvalue weighted by molar-refractivity contribution is -0.119. The van der Waals surface area contributed by atoms with Gasteiger partial charge in [-0.2, -0.15) is 0 Å². The summed E-state index contributed by atoms with van der Waals surface area (Å²) in [7, 11) is 3.23. The van der Waals surface area contributed by atoms with Crippen LogP contribution in [0.4, 0.5) is 11.4 Å². The number of ketones is 1. The molecule has 35 heavy (non-hydrogen) atoms. The summed E-state index contributed by atoms with van der Waals surface area (Å²) in [5.74, 6) is 1.31. The van der Waals surface area contributed by atoms with Gasteiger partial charge in [0, 0.05) is 29.7 Å². The van der Waals surface area contributed by atoms with Gasteiger partial charge in [0.1, 0.15) is 11.5 Å². The maximum Gasteiger partial charge on any atom is 0.227 e. The largest absolute Gasteiger partial charge is 0.497 e. The molecule has 2 aromatic rings. The topological polar surface area (TPSA) is 67.9 Å². The maximum absolute atomic E-state index is 13.9. The molecule has 6 nitrogen and oxygen atoms in total. The molecule has 0 spiro atoms. The zero-order valence-corrected chi connectivity index (χ0v) is 21.4. The highest BCUT2D eigenvalue weighted by atomic mass is 16.5. The molecule has 0 radical (unpaired) electrons. The molecular formula is C29H36N2O4. The predicted molar refractivity (Wildman–Crippen MR) is 139 cm³/mol. The average Bonchev–Trinajstić information content (AvgIpc) is 2.97. The monoisotopic (exact) mass is 476 g/mol. The Labute approximate surface area is 208 Å². The Bertz CT molecular complexity index is 1150. The van der Waals surface area contributed by atoms with Gasteiger partial charge in [0.25, 0.3) is 0 Å². The number of rotatable bonds is 7. The van der Waals surface area contributed by atoms with Crippen LogP contribution in [0.2, 0.25) is 0 Å². The van der Waals surface area contributed by atoms with Gasteiger partial charge in [-0.25, -0.2) is 0 Å². The molecule has 0 saturated heterocycles. The minimum absolute atomic E-state index is 0.00560. The number of nitrogens with one attached hydrogen (secondary N) is 1. The van der Waals surface area contributed by atoms with Crippen LogP contribution < -0.4 is 19.7 Å². The molecule has 1 aliphatic heterocycles. The van der Waals surface area contributed by atoms with Crippen molar-refractivity contribution < 1.29 is 19.1 Å².